The van der Waals surface area contributed by atoms with E-state index in [2.05, 4.69) is 53.2 Å². The van der Waals surface area contributed by atoms with Crippen molar-refractivity contribution in [1.29, 1.82) is 0 Å². The lowest BCUT2D eigenvalue weighted by Crippen LogP contribution is -2.45. The summed E-state index contributed by atoms with van der Waals surface area (Å²) in [5.74, 6) is 1.52. The molecule has 4 atom stereocenters. The van der Waals surface area contributed by atoms with Crippen LogP contribution in [0.1, 0.15) is 33.6 Å². The first-order chi connectivity index (χ1) is 8.97. The summed E-state index contributed by atoms with van der Waals surface area (Å²) >= 11 is 2.49. The molecule has 2 aliphatic heterocycles. The van der Waals surface area contributed by atoms with E-state index in [1.54, 1.807) is 0 Å². The number of rotatable bonds is 4. The van der Waals surface area contributed by atoms with Gasteiger partial charge in [-0.2, -0.15) is 0 Å². The van der Waals surface area contributed by atoms with E-state index in [1.165, 1.54) is 19.5 Å². The Morgan fingerprint density at radius 1 is 1.16 bits per heavy atom. The summed E-state index contributed by atoms with van der Waals surface area (Å²) in [6, 6.07) is 0. The topological polar surface area (TPSA) is 6.48 Å². The zero-order valence-corrected chi connectivity index (χ0v) is 14.6. The molecule has 0 aromatic heterocycles. The summed E-state index contributed by atoms with van der Waals surface area (Å²) in [4.78, 5) is 4.91. The van der Waals surface area contributed by atoms with E-state index in [0.717, 1.165) is 25.4 Å². The second-order valence-electron chi connectivity index (χ2n) is 6.70. The Hall–Kier alpha value is 0.580. The number of hydrogen-bond donors (Lipinski definition) is 0. The molecule has 4 heteroatoms. The predicted molar refractivity (Wildman–Crippen MR) is 87.4 cm³/mol. The molecule has 0 aromatic rings. The SMILES string of the molecule is CC(C)[C@@H]1CCN(C[C@H]2CCN(C(C)I)C2)C[C@H]1F. The molecule has 2 nitrogen and oxygen atoms in total. The lowest BCUT2D eigenvalue weighted by molar-refractivity contribution is 0.0533. The quantitative estimate of drug-likeness (QED) is 0.418. The van der Waals surface area contributed by atoms with E-state index in [-0.39, 0.29) is 5.92 Å². The molecule has 0 amide bonds. The van der Waals surface area contributed by atoms with Crippen molar-refractivity contribution in [2.45, 2.75) is 43.8 Å². The molecule has 2 saturated heterocycles. The average Bonchev–Trinajstić information content (AvgIpc) is 2.77. The van der Waals surface area contributed by atoms with Gasteiger partial charge < -0.3 is 4.90 Å². The fraction of sp³-hybridized carbons (Fsp3) is 1.00. The van der Waals surface area contributed by atoms with E-state index in [4.69, 9.17) is 0 Å². The van der Waals surface area contributed by atoms with Crippen LogP contribution in [0.15, 0.2) is 0 Å². The lowest BCUT2D eigenvalue weighted by atomic mass is 9.85. The monoisotopic (exact) mass is 382 g/mol. The number of halogens is 2. The summed E-state index contributed by atoms with van der Waals surface area (Å²) in [7, 11) is 0. The summed E-state index contributed by atoms with van der Waals surface area (Å²) in [5, 5.41) is 0. The van der Waals surface area contributed by atoms with Gasteiger partial charge in [-0.05, 0) is 50.6 Å². The molecule has 2 aliphatic rings. The molecule has 112 valence electrons. The van der Waals surface area contributed by atoms with Crippen molar-refractivity contribution in [3.05, 3.63) is 0 Å². The Kier molecular flexibility index (Phi) is 5.90. The molecule has 0 radical (unpaired) electrons. The first-order valence-corrected chi connectivity index (χ1v) is 8.96. The van der Waals surface area contributed by atoms with Crippen molar-refractivity contribution in [3.63, 3.8) is 0 Å². The first kappa shape index (κ1) is 16.0. The maximum atomic E-state index is 14.2. The highest BCUT2D eigenvalue weighted by molar-refractivity contribution is 14.1. The van der Waals surface area contributed by atoms with E-state index >= 15 is 0 Å². The molecule has 2 rings (SSSR count). The minimum Gasteiger partial charge on any atom is -0.300 e. The molecule has 0 spiro atoms. The van der Waals surface area contributed by atoms with Crippen LogP contribution in [-0.4, -0.2) is 52.7 Å². The molecular weight excluding hydrogens is 354 g/mol. The van der Waals surface area contributed by atoms with Crippen LogP contribution in [0.25, 0.3) is 0 Å². The van der Waals surface area contributed by atoms with Crippen molar-refractivity contribution in [2.75, 3.05) is 32.7 Å². The van der Waals surface area contributed by atoms with Crippen LogP contribution in [0.2, 0.25) is 0 Å². The van der Waals surface area contributed by atoms with E-state index < -0.39 is 6.17 Å². The molecule has 2 heterocycles. The number of likely N-dealkylation sites (tertiary alicyclic amines) is 2. The second-order valence-corrected chi connectivity index (χ2v) is 8.50. The predicted octanol–water partition coefficient (Wildman–Crippen LogP) is 3.41. The second kappa shape index (κ2) is 7.03. The van der Waals surface area contributed by atoms with Gasteiger partial charge in [0.25, 0.3) is 0 Å². The fourth-order valence-corrected chi connectivity index (χ4v) is 4.11. The Balaban J connectivity index is 1.76. The van der Waals surface area contributed by atoms with Gasteiger partial charge in [0.15, 0.2) is 0 Å². The van der Waals surface area contributed by atoms with Gasteiger partial charge in [-0.1, -0.05) is 36.4 Å². The summed E-state index contributed by atoms with van der Waals surface area (Å²) < 4.78 is 14.8. The van der Waals surface area contributed by atoms with Gasteiger partial charge in [-0.15, -0.1) is 0 Å². The normalized spacial score (nSPS) is 36.0. The van der Waals surface area contributed by atoms with Crippen LogP contribution in [0.4, 0.5) is 4.39 Å². The van der Waals surface area contributed by atoms with Gasteiger partial charge in [0.1, 0.15) is 6.17 Å². The Labute approximate surface area is 131 Å². The van der Waals surface area contributed by atoms with Crippen molar-refractivity contribution in [1.82, 2.24) is 9.80 Å². The largest absolute Gasteiger partial charge is 0.300 e. The van der Waals surface area contributed by atoms with Crippen LogP contribution in [0.3, 0.4) is 0 Å². The van der Waals surface area contributed by atoms with E-state index in [9.17, 15) is 4.39 Å². The number of nitrogens with zero attached hydrogens (tertiary/aromatic N) is 2. The molecule has 0 aliphatic carbocycles. The van der Waals surface area contributed by atoms with Gasteiger partial charge in [0.05, 0.1) is 4.05 Å². The molecule has 0 N–H and O–H groups in total. The van der Waals surface area contributed by atoms with Crippen molar-refractivity contribution in [3.8, 4) is 0 Å². The third-order valence-electron chi connectivity index (χ3n) is 4.87. The summed E-state index contributed by atoms with van der Waals surface area (Å²) in [6.45, 7) is 11.9. The van der Waals surface area contributed by atoms with E-state index in [1.807, 2.05) is 0 Å². The first-order valence-electron chi connectivity index (χ1n) is 7.72. The van der Waals surface area contributed by atoms with Crippen molar-refractivity contribution >= 4 is 22.6 Å². The number of alkyl halides is 2. The van der Waals surface area contributed by atoms with Crippen molar-refractivity contribution < 1.29 is 4.39 Å². The highest BCUT2D eigenvalue weighted by Gasteiger charge is 2.33. The van der Waals surface area contributed by atoms with Crippen molar-refractivity contribution in [2.24, 2.45) is 17.8 Å². The zero-order valence-electron chi connectivity index (χ0n) is 12.5. The average molecular weight is 382 g/mol. The molecule has 0 saturated carbocycles. The molecular formula is C15H28FIN2. The van der Waals surface area contributed by atoms with Crippen LogP contribution in [0, 0.1) is 17.8 Å². The molecule has 0 aromatic carbocycles. The third kappa shape index (κ3) is 4.27. The summed E-state index contributed by atoms with van der Waals surface area (Å²) in [5.41, 5.74) is 0. The minimum atomic E-state index is -0.616. The maximum absolute atomic E-state index is 14.2. The fourth-order valence-electron chi connectivity index (χ4n) is 3.60. The molecule has 19 heavy (non-hydrogen) atoms. The highest BCUT2D eigenvalue weighted by atomic mass is 127. The Morgan fingerprint density at radius 3 is 2.42 bits per heavy atom. The lowest BCUT2D eigenvalue weighted by Gasteiger charge is -2.37. The van der Waals surface area contributed by atoms with Crippen LogP contribution >= 0.6 is 22.6 Å². The van der Waals surface area contributed by atoms with Gasteiger partial charge in [-0.3, -0.25) is 4.90 Å². The highest BCUT2D eigenvalue weighted by Crippen LogP contribution is 2.29. The standard InChI is InChI=1S/C15H28FIN2/c1-11(2)14-5-6-18(10-15(14)16)8-13-4-7-19(9-13)12(3)17/h11-15H,4-10H2,1-3H3/t12?,13-,14+,15-/m1/s1. The van der Waals surface area contributed by atoms with Gasteiger partial charge in [0.2, 0.25) is 0 Å². The van der Waals surface area contributed by atoms with Gasteiger partial charge in [0, 0.05) is 19.6 Å². The third-order valence-corrected chi connectivity index (χ3v) is 5.66. The van der Waals surface area contributed by atoms with Crippen LogP contribution in [-0.2, 0) is 0 Å². The van der Waals surface area contributed by atoms with Crippen LogP contribution < -0.4 is 0 Å². The number of piperidine rings is 1. The van der Waals surface area contributed by atoms with E-state index in [0.29, 0.717) is 16.5 Å². The number of hydrogen-bond acceptors (Lipinski definition) is 2. The van der Waals surface area contributed by atoms with Gasteiger partial charge >= 0.3 is 0 Å². The zero-order chi connectivity index (χ0) is 14.0. The maximum Gasteiger partial charge on any atom is 0.116 e. The Morgan fingerprint density at radius 2 is 1.89 bits per heavy atom. The molecule has 1 unspecified atom stereocenters. The Bertz CT molecular complexity index is 285. The minimum absolute atomic E-state index is 0.283. The molecule has 2 fully saturated rings. The molecule has 0 bridgehead atoms. The van der Waals surface area contributed by atoms with Crippen LogP contribution in [0.5, 0.6) is 0 Å². The smallest absolute Gasteiger partial charge is 0.116 e. The van der Waals surface area contributed by atoms with Gasteiger partial charge in [-0.25, -0.2) is 4.39 Å². The summed E-state index contributed by atoms with van der Waals surface area (Å²) in [6.07, 6.45) is 1.71.